The molecular formula is C20H25N5O. The Kier molecular flexibility index (Phi) is 4.57. The van der Waals surface area contributed by atoms with Crippen LogP contribution in [0.3, 0.4) is 0 Å². The summed E-state index contributed by atoms with van der Waals surface area (Å²) < 4.78 is 1.51. The van der Waals surface area contributed by atoms with E-state index in [4.69, 9.17) is 0 Å². The molecule has 6 nitrogen and oxygen atoms in total. The average Bonchev–Trinajstić information content (AvgIpc) is 3.37. The number of hydrogen-bond donors (Lipinski definition) is 1. The molecule has 2 bridgehead atoms. The number of aromatic nitrogens is 4. The number of amides is 1. The number of fused-ring (bicyclic) bond motifs is 2. The number of hydrogen-bond acceptors (Lipinski definition) is 4. The summed E-state index contributed by atoms with van der Waals surface area (Å²) in [6.07, 6.45) is 7.10. The Hall–Kier alpha value is -2.50. The van der Waals surface area contributed by atoms with Gasteiger partial charge in [0.05, 0.1) is 0 Å². The van der Waals surface area contributed by atoms with E-state index < -0.39 is 0 Å². The molecule has 0 saturated heterocycles. The molecule has 4 unspecified atom stereocenters. The highest BCUT2D eigenvalue weighted by Gasteiger charge is 2.42. The summed E-state index contributed by atoms with van der Waals surface area (Å²) in [5.74, 6) is 2.69. The lowest BCUT2D eigenvalue weighted by Gasteiger charge is -2.28. The SMILES string of the molecule is Cc1nnnn1C(=Cc1ccccc1)C(=O)NC(C)C1CC2CCC1C2. The highest BCUT2D eigenvalue weighted by Crippen LogP contribution is 2.49. The zero-order valence-corrected chi connectivity index (χ0v) is 15.3. The summed E-state index contributed by atoms with van der Waals surface area (Å²) in [4.78, 5) is 13.1. The molecule has 0 radical (unpaired) electrons. The Balaban J connectivity index is 1.56. The van der Waals surface area contributed by atoms with E-state index in [0.717, 1.165) is 17.4 Å². The van der Waals surface area contributed by atoms with Gasteiger partial charge in [0.25, 0.3) is 5.91 Å². The van der Waals surface area contributed by atoms with Gasteiger partial charge in [0, 0.05) is 6.04 Å². The van der Waals surface area contributed by atoms with E-state index in [1.165, 1.54) is 30.4 Å². The summed E-state index contributed by atoms with van der Waals surface area (Å²) in [5.41, 5.74) is 1.40. The van der Waals surface area contributed by atoms with E-state index in [-0.39, 0.29) is 11.9 Å². The number of aryl methyl sites for hydroxylation is 1. The third-order valence-electron chi connectivity index (χ3n) is 5.98. The minimum absolute atomic E-state index is 0.125. The van der Waals surface area contributed by atoms with Gasteiger partial charge in [-0.2, -0.15) is 4.68 Å². The lowest BCUT2D eigenvalue weighted by Crippen LogP contribution is -2.41. The molecule has 6 heteroatoms. The minimum Gasteiger partial charge on any atom is -0.348 e. The van der Waals surface area contributed by atoms with Gasteiger partial charge in [-0.3, -0.25) is 4.79 Å². The van der Waals surface area contributed by atoms with Crippen molar-refractivity contribution in [2.24, 2.45) is 17.8 Å². The fourth-order valence-electron chi connectivity index (χ4n) is 4.68. The van der Waals surface area contributed by atoms with Crippen molar-refractivity contribution < 1.29 is 4.79 Å². The molecule has 1 heterocycles. The largest absolute Gasteiger partial charge is 0.348 e. The average molecular weight is 351 g/mol. The van der Waals surface area contributed by atoms with Gasteiger partial charge in [-0.25, -0.2) is 0 Å². The molecule has 1 N–H and O–H groups in total. The molecule has 0 spiro atoms. The molecule has 2 saturated carbocycles. The van der Waals surface area contributed by atoms with Gasteiger partial charge >= 0.3 is 0 Å². The van der Waals surface area contributed by atoms with Crippen LogP contribution in [0.1, 0.15) is 44.0 Å². The molecule has 2 fully saturated rings. The second kappa shape index (κ2) is 7.02. The van der Waals surface area contributed by atoms with Crippen molar-refractivity contribution in [2.45, 2.75) is 45.6 Å². The van der Waals surface area contributed by atoms with Crippen molar-refractivity contribution in [2.75, 3.05) is 0 Å². The van der Waals surface area contributed by atoms with E-state index in [2.05, 4.69) is 27.8 Å². The molecule has 2 aliphatic carbocycles. The van der Waals surface area contributed by atoms with Gasteiger partial charge < -0.3 is 5.32 Å². The molecular weight excluding hydrogens is 326 g/mol. The van der Waals surface area contributed by atoms with E-state index in [1.807, 2.05) is 36.4 Å². The number of rotatable bonds is 5. The predicted octanol–water partition coefficient (Wildman–Crippen LogP) is 2.92. The summed E-state index contributed by atoms with van der Waals surface area (Å²) in [5, 5.41) is 14.8. The Bertz CT molecular complexity index is 813. The smallest absolute Gasteiger partial charge is 0.270 e. The summed E-state index contributed by atoms with van der Waals surface area (Å²) >= 11 is 0. The number of nitrogens with zero attached hydrogens (tertiary/aromatic N) is 4. The molecule has 136 valence electrons. The maximum Gasteiger partial charge on any atom is 0.270 e. The summed E-state index contributed by atoms with van der Waals surface area (Å²) in [6, 6.07) is 9.95. The van der Waals surface area contributed by atoms with E-state index >= 15 is 0 Å². The van der Waals surface area contributed by atoms with Crippen LogP contribution in [0.5, 0.6) is 0 Å². The fourth-order valence-corrected chi connectivity index (χ4v) is 4.68. The predicted molar refractivity (Wildman–Crippen MR) is 99.7 cm³/mol. The van der Waals surface area contributed by atoms with Crippen LogP contribution in [0.4, 0.5) is 0 Å². The Morgan fingerprint density at radius 1 is 1.27 bits per heavy atom. The standard InChI is InChI=1S/C20H25N5O/c1-13(18-11-16-8-9-17(18)10-16)21-20(26)19(25-14(2)22-23-24-25)12-15-6-4-3-5-7-15/h3-7,12-13,16-18H,8-11H2,1-2H3,(H,21,26). The van der Waals surface area contributed by atoms with Crippen molar-refractivity contribution in [3.63, 3.8) is 0 Å². The first kappa shape index (κ1) is 16.9. The van der Waals surface area contributed by atoms with Gasteiger partial charge in [-0.05, 0) is 72.9 Å². The second-order valence-corrected chi connectivity index (χ2v) is 7.68. The molecule has 1 aromatic carbocycles. The highest BCUT2D eigenvalue weighted by molar-refractivity contribution is 6.18. The molecule has 4 atom stereocenters. The van der Waals surface area contributed by atoms with Crippen molar-refractivity contribution in [3.8, 4) is 0 Å². The zero-order valence-electron chi connectivity index (χ0n) is 15.3. The van der Waals surface area contributed by atoms with Crippen LogP contribution in [0.2, 0.25) is 0 Å². The van der Waals surface area contributed by atoms with Gasteiger partial charge in [-0.15, -0.1) is 5.10 Å². The molecule has 2 aromatic rings. The third kappa shape index (κ3) is 3.28. The fraction of sp³-hybridized carbons (Fsp3) is 0.500. The Labute approximate surface area is 153 Å². The van der Waals surface area contributed by atoms with Crippen LogP contribution in [0.25, 0.3) is 11.8 Å². The van der Waals surface area contributed by atoms with Gasteiger partial charge in [0.2, 0.25) is 0 Å². The molecule has 1 aromatic heterocycles. The zero-order chi connectivity index (χ0) is 18.1. The monoisotopic (exact) mass is 351 g/mol. The summed E-state index contributed by atoms with van der Waals surface area (Å²) in [7, 11) is 0. The lowest BCUT2D eigenvalue weighted by atomic mass is 9.84. The van der Waals surface area contributed by atoms with Crippen molar-refractivity contribution in [1.29, 1.82) is 0 Å². The topological polar surface area (TPSA) is 72.7 Å². The number of tetrazole rings is 1. The van der Waals surface area contributed by atoms with Crippen molar-refractivity contribution >= 4 is 17.7 Å². The number of carbonyl (C=O) groups excluding carboxylic acids is 1. The molecule has 1 amide bonds. The van der Waals surface area contributed by atoms with E-state index in [0.29, 0.717) is 17.4 Å². The van der Waals surface area contributed by atoms with Crippen molar-refractivity contribution in [1.82, 2.24) is 25.5 Å². The number of carbonyl (C=O) groups is 1. The van der Waals surface area contributed by atoms with Gasteiger partial charge in [-0.1, -0.05) is 36.8 Å². The normalized spacial score (nSPS) is 26.1. The van der Waals surface area contributed by atoms with Gasteiger partial charge in [0.1, 0.15) is 5.70 Å². The van der Waals surface area contributed by atoms with Gasteiger partial charge in [0.15, 0.2) is 5.82 Å². The minimum atomic E-state index is -0.125. The molecule has 0 aliphatic heterocycles. The number of nitrogens with one attached hydrogen (secondary N) is 1. The van der Waals surface area contributed by atoms with Crippen LogP contribution in [-0.2, 0) is 4.79 Å². The second-order valence-electron chi connectivity index (χ2n) is 7.68. The summed E-state index contributed by atoms with van der Waals surface area (Å²) in [6.45, 7) is 3.93. The quantitative estimate of drug-likeness (QED) is 0.841. The van der Waals surface area contributed by atoms with Crippen LogP contribution >= 0.6 is 0 Å². The Morgan fingerprint density at radius 3 is 2.69 bits per heavy atom. The molecule has 26 heavy (non-hydrogen) atoms. The molecule has 4 rings (SSSR count). The third-order valence-corrected chi connectivity index (χ3v) is 5.98. The van der Waals surface area contributed by atoms with Crippen LogP contribution in [0.15, 0.2) is 30.3 Å². The van der Waals surface area contributed by atoms with E-state index in [9.17, 15) is 4.79 Å². The van der Waals surface area contributed by atoms with Crippen molar-refractivity contribution in [3.05, 3.63) is 41.7 Å². The first-order valence-electron chi connectivity index (χ1n) is 9.45. The van der Waals surface area contributed by atoms with Crippen LogP contribution in [0, 0.1) is 24.7 Å². The number of benzene rings is 1. The van der Waals surface area contributed by atoms with E-state index in [1.54, 1.807) is 6.92 Å². The first-order valence-corrected chi connectivity index (χ1v) is 9.45. The first-order chi connectivity index (χ1) is 12.6. The lowest BCUT2D eigenvalue weighted by molar-refractivity contribution is -0.117. The maximum absolute atomic E-state index is 13.1. The molecule has 2 aliphatic rings. The van der Waals surface area contributed by atoms with Crippen LogP contribution < -0.4 is 5.32 Å². The maximum atomic E-state index is 13.1. The Morgan fingerprint density at radius 2 is 2.08 bits per heavy atom. The van der Waals surface area contributed by atoms with Crippen LogP contribution in [-0.4, -0.2) is 32.2 Å². The highest BCUT2D eigenvalue weighted by atomic mass is 16.2.